The van der Waals surface area contributed by atoms with E-state index in [2.05, 4.69) is 20.2 Å². The van der Waals surface area contributed by atoms with E-state index in [9.17, 15) is 4.79 Å². The van der Waals surface area contributed by atoms with Crippen molar-refractivity contribution in [2.45, 2.75) is 19.4 Å². The van der Waals surface area contributed by atoms with E-state index in [1.54, 1.807) is 6.20 Å². The van der Waals surface area contributed by atoms with Gasteiger partial charge >= 0.3 is 0 Å². The van der Waals surface area contributed by atoms with Crippen molar-refractivity contribution in [2.24, 2.45) is 5.92 Å². The second-order valence-electron chi connectivity index (χ2n) is 6.26. The smallest absolute Gasteiger partial charge is 0.298 e. The lowest BCUT2D eigenvalue weighted by Crippen LogP contribution is -2.40. The minimum absolute atomic E-state index is 0.0318. The second-order valence-corrected chi connectivity index (χ2v) is 6.26. The molecule has 0 unspecified atom stereocenters. The highest BCUT2D eigenvalue weighted by molar-refractivity contribution is 5.79. The molecule has 0 radical (unpaired) electrons. The molecule has 1 aliphatic rings. The van der Waals surface area contributed by atoms with Gasteiger partial charge < -0.3 is 14.6 Å². The highest BCUT2D eigenvalue weighted by atomic mass is 16.4. The lowest BCUT2D eigenvalue weighted by molar-refractivity contribution is -0.125. The fourth-order valence-electron chi connectivity index (χ4n) is 3.15. The molecule has 1 saturated heterocycles. The van der Waals surface area contributed by atoms with Crippen LogP contribution in [-0.2, 0) is 11.3 Å². The highest BCUT2D eigenvalue weighted by Crippen LogP contribution is 2.26. The van der Waals surface area contributed by atoms with Gasteiger partial charge in [-0.05, 0) is 37.1 Å². The molecule has 1 aliphatic heterocycles. The van der Waals surface area contributed by atoms with E-state index in [4.69, 9.17) is 4.42 Å². The summed E-state index contributed by atoms with van der Waals surface area (Å²) in [6.45, 7) is 2.02. The third kappa shape index (κ3) is 3.47. The van der Waals surface area contributed by atoms with Crippen LogP contribution < -0.4 is 10.2 Å². The molecule has 0 spiro atoms. The van der Waals surface area contributed by atoms with Crippen molar-refractivity contribution < 1.29 is 9.21 Å². The van der Waals surface area contributed by atoms with Gasteiger partial charge in [0.15, 0.2) is 5.58 Å². The molecule has 6 heteroatoms. The van der Waals surface area contributed by atoms with Crippen molar-refractivity contribution >= 4 is 23.0 Å². The topological polar surface area (TPSA) is 71.3 Å². The Morgan fingerprint density at radius 2 is 1.96 bits per heavy atom. The Hall–Kier alpha value is -2.89. The van der Waals surface area contributed by atoms with Gasteiger partial charge in [0, 0.05) is 25.2 Å². The normalized spacial score (nSPS) is 15.4. The lowest BCUT2D eigenvalue weighted by Gasteiger charge is -2.30. The Bertz CT molecular complexity index is 821. The number of nitrogens with zero attached hydrogens (tertiary/aromatic N) is 3. The van der Waals surface area contributed by atoms with Gasteiger partial charge in [0.2, 0.25) is 5.91 Å². The first kappa shape index (κ1) is 15.6. The van der Waals surface area contributed by atoms with Crippen LogP contribution in [0.3, 0.4) is 0 Å². The summed E-state index contributed by atoms with van der Waals surface area (Å²) < 4.78 is 5.81. The van der Waals surface area contributed by atoms with Gasteiger partial charge in [-0.25, -0.2) is 0 Å². The number of carbonyl (C=O) groups excluding carboxylic acids is 1. The first-order valence-electron chi connectivity index (χ1n) is 8.58. The van der Waals surface area contributed by atoms with Gasteiger partial charge in [-0.2, -0.15) is 4.98 Å². The number of pyridine rings is 1. The minimum atomic E-state index is 0.0318. The Morgan fingerprint density at radius 3 is 2.72 bits per heavy atom. The highest BCUT2D eigenvalue weighted by Gasteiger charge is 2.27. The van der Waals surface area contributed by atoms with Crippen LogP contribution in [0.25, 0.3) is 11.1 Å². The summed E-state index contributed by atoms with van der Waals surface area (Å²) in [5, 5.41) is 2.99. The van der Waals surface area contributed by atoms with Crippen LogP contribution >= 0.6 is 0 Å². The third-order valence-electron chi connectivity index (χ3n) is 4.59. The van der Waals surface area contributed by atoms with E-state index in [1.807, 2.05) is 42.5 Å². The largest absolute Gasteiger partial charge is 0.423 e. The average molecular weight is 336 g/mol. The molecule has 1 fully saturated rings. The van der Waals surface area contributed by atoms with Crippen molar-refractivity contribution in [1.82, 2.24) is 15.3 Å². The standard InChI is InChI=1S/C19H20N4O2/c24-18(21-13-15-5-3-4-10-20-15)14-8-11-23(12-9-14)19-22-16-6-1-2-7-17(16)25-19/h1-7,10,14H,8-9,11-13H2,(H,21,24). The molecule has 1 aromatic carbocycles. The molecule has 3 aromatic rings. The number of para-hydroxylation sites is 2. The van der Waals surface area contributed by atoms with Crippen LogP contribution in [0.15, 0.2) is 53.1 Å². The van der Waals surface area contributed by atoms with E-state index in [0.29, 0.717) is 12.6 Å². The molecule has 6 nitrogen and oxygen atoms in total. The Morgan fingerprint density at radius 1 is 1.16 bits per heavy atom. The summed E-state index contributed by atoms with van der Waals surface area (Å²) in [4.78, 5) is 23.2. The van der Waals surface area contributed by atoms with Crippen LogP contribution in [-0.4, -0.2) is 29.0 Å². The van der Waals surface area contributed by atoms with Crippen LogP contribution in [0.5, 0.6) is 0 Å². The van der Waals surface area contributed by atoms with Gasteiger partial charge in [0.25, 0.3) is 6.01 Å². The number of hydrogen-bond acceptors (Lipinski definition) is 5. The zero-order chi connectivity index (χ0) is 17.1. The van der Waals surface area contributed by atoms with Gasteiger partial charge in [0.1, 0.15) is 5.52 Å². The van der Waals surface area contributed by atoms with Crippen molar-refractivity contribution in [3.63, 3.8) is 0 Å². The van der Waals surface area contributed by atoms with Gasteiger partial charge in [-0.3, -0.25) is 9.78 Å². The van der Waals surface area contributed by atoms with E-state index in [1.165, 1.54) is 0 Å². The molecule has 2 aromatic heterocycles. The summed E-state index contributed by atoms with van der Waals surface area (Å²) in [6, 6.07) is 14.1. The van der Waals surface area contributed by atoms with Crippen LogP contribution in [0.1, 0.15) is 18.5 Å². The third-order valence-corrected chi connectivity index (χ3v) is 4.59. The molecule has 1 amide bonds. The number of hydrogen-bond donors (Lipinski definition) is 1. The Balaban J connectivity index is 1.32. The van der Waals surface area contributed by atoms with Crippen LogP contribution in [0, 0.1) is 5.92 Å². The number of benzene rings is 1. The Kier molecular flexibility index (Phi) is 4.33. The van der Waals surface area contributed by atoms with E-state index >= 15 is 0 Å². The van der Waals surface area contributed by atoms with Crippen molar-refractivity contribution in [3.05, 3.63) is 54.4 Å². The van der Waals surface area contributed by atoms with Crippen LogP contribution in [0.4, 0.5) is 6.01 Å². The summed E-state index contributed by atoms with van der Waals surface area (Å²) in [7, 11) is 0. The zero-order valence-corrected chi connectivity index (χ0v) is 13.9. The molecule has 0 bridgehead atoms. The van der Waals surface area contributed by atoms with Crippen molar-refractivity contribution in [3.8, 4) is 0 Å². The molecular weight excluding hydrogens is 316 g/mol. The molecule has 3 heterocycles. The number of aromatic nitrogens is 2. The number of carbonyl (C=O) groups is 1. The van der Waals surface area contributed by atoms with Gasteiger partial charge in [-0.1, -0.05) is 18.2 Å². The number of piperidine rings is 1. The van der Waals surface area contributed by atoms with Crippen molar-refractivity contribution in [2.75, 3.05) is 18.0 Å². The Labute approximate surface area is 145 Å². The molecule has 0 saturated carbocycles. The molecule has 1 N–H and O–H groups in total. The number of fused-ring (bicyclic) bond motifs is 1. The fraction of sp³-hybridized carbons (Fsp3) is 0.316. The average Bonchev–Trinajstić information content (AvgIpc) is 3.11. The lowest BCUT2D eigenvalue weighted by atomic mass is 9.96. The monoisotopic (exact) mass is 336 g/mol. The van der Waals surface area contributed by atoms with E-state index in [0.717, 1.165) is 42.7 Å². The number of amides is 1. The molecule has 128 valence electrons. The fourth-order valence-corrected chi connectivity index (χ4v) is 3.15. The van der Waals surface area contributed by atoms with E-state index in [-0.39, 0.29) is 11.8 Å². The first-order valence-corrected chi connectivity index (χ1v) is 8.58. The van der Waals surface area contributed by atoms with Gasteiger partial charge in [0.05, 0.1) is 12.2 Å². The molecule has 4 rings (SSSR count). The minimum Gasteiger partial charge on any atom is -0.423 e. The molecule has 0 atom stereocenters. The predicted molar refractivity (Wildman–Crippen MR) is 95.0 cm³/mol. The SMILES string of the molecule is O=C(NCc1ccccn1)C1CCN(c2nc3ccccc3o2)CC1. The molecule has 0 aliphatic carbocycles. The quantitative estimate of drug-likeness (QED) is 0.793. The van der Waals surface area contributed by atoms with E-state index < -0.39 is 0 Å². The maximum Gasteiger partial charge on any atom is 0.298 e. The summed E-state index contributed by atoms with van der Waals surface area (Å²) >= 11 is 0. The van der Waals surface area contributed by atoms with Crippen molar-refractivity contribution in [1.29, 1.82) is 0 Å². The summed E-state index contributed by atoms with van der Waals surface area (Å²) in [5.74, 6) is 0.132. The number of rotatable bonds is 4. The maximum atomic E-state index is 12.4. The predicted octanol–water partition coefficient (Wildman–Crippen LogP) is 2.76. The molecule has 25 heavy (non-hydrogen) atoms. The number of anilines is 1. The zero-order valence-electron chi connectivity index (χ0n) is 13.9. The molecular formula is C19H20N4O2. The second kappa shape index (κ2) is 6.93. The number of nitrogens with one attached hydrogen (secondary N) is 1. The first-order chi connectivity index (χ1) is 12.3. The summed E-state index contributed by atoms with van der Waals surface area (Å²) in [5.41, 5.74) is 2.54. The maximum absolute atomic E-state index is 12.4. The number of oxazole rings is 1. The van der Waals surface area contributed by atoms with Gasteiger partial charge in [-0.15, -0.1) is 0 Å². The summed E-state index contributed by atoms with van der Waals surface area (Å²) in [6.07, 6.45) is 3.33. The van der Waals surface area contributed by atoms with Crippen LogP contribution in [0.2, 0.25) is 0 Å².